The van der Waals surface area contributed by atoms with Crippen LogP contribution in [0.15, 0.2) is 28.7 Å². The topological polar surface area (TPSA) is 85.1 Å². The number of hydrogen-bond donors (Lipinski definition) is 1. The van der Waals surface area contributed by atoms with Crippen LogP contribution in [-0.2, 0) is 0 Å². The molecule has 0 aliphatic rings. The van der Waals surface area contributed by atoms with Crippen molar-refractivity contribution in [3.63, 3.8) is 0 Å². The maximum atomic E-state index is 8.72. The van der Waals surface area contributed by atoms with Crippen LogP contribution in [-0.4, -0.2) is 11.6 Å². The fourth-order valence-electron chi connectivity index (χ4n) is 1.40. The minimum absolute atomic E-state index is 0.0383. The summed E-state index contributed by atoms with van der Waals surface area (Å²) >= 11 is 0. The molecular formula is C12H11N3O2. The summed E-state index contributed by atoms with van der Waals surface area (Å²) < 4.78 is 10.5. The predicted octanol–water partition coefficient (Wildman–Crippen LogP) is 2.19. The number of nitrogen functional groups attached to an aromatic ring is 1. The number of anilines is 1. The quantitative estimate of drug-likeness (QED) is 0.871. The van der Waals surface area contributed by atoms with E-state index in [1.807, 2.05) is 25.1 Å². The monoisotopic (exact) mass is 229 g/mol. The van der Waals surface area contributed by atoms with Crippen molar-refractivity contribution in [3.8, 4) is 23.3 Å². The van der Waals surface area contributed by atoms with E-state index in [1.54, 1.807) is 12.1 Å². The van der Waals surface area contributed by atoms with E-state index in [2.05, 4.69) is 4.98 Å². The van der Waals surface area contributed by atoms with Crippen LogP contribution < -0.4 is 10.5 Å². The molecule has 0 amide bonds. The highest BCUT2D eigenvalue weighted by molar-refractivity contribution is 5.58. The number of nitrogens with two attached hydrogens (primary N) is 1. The number of ether oxygens (including phenoxy) is 1. The number of benzene rings is 1. The van der Waals surface area contributed by atoms with E-state index >= 15 is 0 Å². The third-order valence-electron chi connectivity index (χ3n) is 2.17. The maximum absolute atomic E-state index is 8.72. The Morgan fingerprint density at radius 1 is 1.41 bits per heavy atom. The highest BCUT2D eigenvalue weighted by Crippen LogP contribution is 2.25. The van der Waals surface area contributed by atoms with Gasteiger partial charge in [0.2, 0.25) is 17.5 Å². The van der Waals surface area contributed by atoms with Crippen molar-refractivity contribution in [1.29, 1.82) is 5.26 Å². The maximum Gasteiger partial charge on any atom is 0.230 e. The van der Waals surface area contributed by atoms with E-state index in [0.29, 0.717) is 12.5 Å². The second-order valence-electron chi connectivity index (χ2n) is 3.30. The molecule has 2 rings (SSSR count). The molecule has 0 bridgehead atoms. The number of nitrogens with zero attached hydrogens (tertiary/aromatic N) is 2. The summed E-state index contributed by atoms with van der Waals surface area (Å²) in [5.74, 6) is 1.15. The second kappa shape index (κ2) is 4.58. The highest BCUT2D eigenvalue weighted by Gasteiger charge is 2.11. The van der Waals surface area contributed by atoms with Gasteiger partial charge in [-0.2, -0.15) is 10.2 Å². The van der Waals surface area contributed by atoms with Gasteiger partial charge in [-0.15, -0.1) is 0 Å². The van der Waals surface area contributed by atoms with Crippen LogP contribution in [0.4, 0.5) is 5.88 Å². The van der Waals surface area contributed by atoms with Gasteiger partial charge in [0.1, 0.15) is 11.8 Å². The fraction of sp³-hybridized carbons (Fsp3) is 0.167. The van der Waals surface area contributed by atoms with Crippen LogP contribution in [0.5, 0.6) is 5.75 Å². The molecule has 0 aliphatic heterocycles. The number of hydrogen-bond acceptors (Lipinski definition) is 5. The lowest BCUT2D eigenvalue weighted by Crippen LogP contribution is -1.90. The van der Waals surface area contributed by atoms with Gasteiger partial charge in [0.05, 0.1) is 6.61 Å². The summed E-state index contributed by atoms with van der Waals surface area (Å²) in [4.78, 5) is 3.98. The second-order valence-corrected chi connectivity index (χ2v) is 3.30. The van der Waals surface area contributed by atoms with Crippen molar-refractivity contribution in [3.05, 3.63) is 30.0 Å². The number of rotatable bonds is 3. The molecule has 0 radical (unpaired) electrons. The Hall–Kier alpha value is -2.48. The van der Waals surface area contributed by atoms with Crippen LogP contribution >= 0.6 is 0 Å². The zero-order chi connectivity index (χ0) is 12.3. The van der Waals surface area contributed by atoms with E-state index in [-0.39, 0.29) is 11.6 Å². The Balaban J connectivity index is 2.30. The number of aromatic nitrogens is 1. The molecular weight excluding hydrogens is 218 g/mol. The SMILES string of the molecule is CCOc1ccc(-c2nc(C#N)c(N)o2)cc1. The molecule has 0 fully saturated rings. The Morgan fingerprint density at radius 2 is 2.12 bits per heavy atom. The van der Waals surface area contributed by atoms with Gasteiger partial charge in [0.15, 0.2) is 0 Å². The third kappa shape index (κ3) is 2.21. The zero-order valence-corrected chi connectivity index (χ0v) is 9.30. The summed E-state index contributed by atoms with van der Waals surface area (Å²) in [6, 6.07) is 9.09. The lowest BCUT2D eigenvalue weighted by Gasteiger charge is -2.02. The number of nitriles is 1. The van der Waals surface area contributed by atoms with Crippen LogP contribution in [0.3, 0.4) is 0 Å². The van der Waals surface area contributed by atoms with Gasteiger partial charge in [-0.25, -0.2) is 0 Å². The van der Waals surface area contributed by atoms with Crippen LogP contribution in [0.2, 0.25) is 0 Å². The molecule has 5 nitrogen and oxygen atoms in total. The van der Waals surface area contributed by atoms with Crippen molar-refractivity contribution < 1.29 is 9.15 Å². The molecule has 0 aliphatic carbocycles. The summed E-state index contributed by atoms with van der Waals surface area (Å²) in [6.45, 7) is 2.53. The first-order chi connectivity index (χ1) is 8.24. The molecule has 5 heteroatoms. The minimum atomic E-state index is 0.0383. The molecule has 2 aromatic rings. The Bertz CT molecular complexity index is 552. The lowest BCUT2D eigenvalue weighted by molar-refractivity contribution is 0.340. The summed E-state index contributed by atoms with van der Waals surface area (Å²) in [7, 11) is 0. The van der Waals surface area contributed by atoms with E-state index in [1.165, 1.54) is 0 Å². The van der Waals surface area contributed by atoms with Crippen molar-refractivity contribution in [2.24, 2.45) is 0 Å². The smallest absolute Gasteiger partial charge is 0.230 e. The standard InChI is InChI=1S/C12H11N3O2/c1-2-16-9-5-3-8(4-6-9)12-15-10(7-13)11(14)17-12/h3-6H,2,14H2,1H3. The molecule has 0 saturated carbocycles. The molecule has 0 saturated heterocycles. The molecule has 0 atom stereocenters. The van der Waals surface area contributed by atoms with Crippen LogP contribution in [0, 0.1) is 11.3 Å². The normalized spacial score (nSPS) is 9.88. The molecule has 86 valence electrons. The van der Waals surface area contributed by atoms with E-state index in [9.17, 15) is 0 Å². The fourth-order valence-corrected chi connectivity index (χ4v) is 1.40. The van der Waals surface area contributed by atoms with Gasteiger partial charge in [-0.3, -0.25) is 0 Å². The summed E-state index contributed by atoms with van der Waals surface area (Å²) in [5, 5.41) is 8.72. The highest BCUT2D eigenvalue weighted by atomic mass is 16.5. The minimum Gasteiger partial charge on any atom is -0.494 e. The Morgan fingerprint density at radius 3 is 2.65 bits per heavy atom. The van der Waals surface area contributed by atoms with Crippen LogP contribution in [0.25, 0.3) is 11.5 Å². The van der Waals surface area contributed by atoms with Gasteiger partial charge in [0.25, 0.3) is 0 Å². The summed E-state index contributed by atoms with van der Waals surface area (Å²) in [5.41, 5.74) is 6.35. The van der Waals surface area contributed by atoms with Crippen molar-refractivity contribution in [2.75, 3.05) is 12.3 Å². The van der Waals surface area contributed by atoms with E-state index < -0.39 is 0 Å². The molecule has 1 heterocycles. The molecule has 0 spiro atoms. The molecule has 0 unspecified atom stereocenters. The first-order valence-corrected chi connectivity index (χ1v) is 5.14. The van der Waals surface area contributed by atoms with Crippen molar-refractivity contribution in [1.82, 2.24) is 4.98 Å². The number of oxazole rings is 1. The molecule has 1 aromatic carbocycles. The Labute approximate surface area is 98.4 Å². The third-order valence-corrected chi connectivity index (χ3v) is 2.17. The molecule has 17 heavy (non-hydrogen) atoms. The van der Waals surface area contributed by atoms with Gasteiger partial charge in [-0.1, -0.05) is 0 Å². The van der Waals surface area contributed by atoms with Crippen molar-refractivity contribution in [2.45, 2.75) is 6.92 Å². The van der Waals surface area contributed by atoms with E-state index in [4.69, 9.17) is 20.1 Å². The zero-order valence-electron chi connectivity index (χ0n) is 9.30. The lowest BCUT2D eigenvalue weighted by atomic mass is 10.2. The van der Waals surface area contributed by atoms with Gasteiger partial charge in [-0.05, 0) is 31.2 Å². The first kappa shape index (κ1) is 11.0. The summed E-state index contributed by atoms with van der Waals surface area (Å²) in [6.07, 6.45) is 0. The van der Waals surface area contributed by atoms with Crippen LogP contribution in [0.1, 0.15) is 12.6 Å². The van der Waals surface area contributed by atoms with Gasteiger partial charge < -0.3 is 14.9 Å². The molecule has 2 N–H and O–H groups in total. The van der Waals surface area contributed by atoms with Gasteiger partial charge >= 0.3 is 0 Å². The molecule has 1 aromatic heterocycles. The Kier molecular flexibility index (Phi) is 2.97. The first-order valence-electron chi connectivity index (χ1n) is 5.14. The predicted molar refractivity (Wildman–Crippen MR) is 62.2 cm³/mol. The average molecular weight is 229 g/mol. The van der Waals surface area contributed by atoms with Gasteiger partial charge in [0, 0.05) is 5.56 Å². The largest absolute Gasteiger partial charge is 0.494 e. The van der Waals surface area contributed by atoms with Crippen molar-refractivity contribution >= 4 is 5.88 Å². The average Bonchev–Trinajstić information content (AvgIpc) is 2.72. The van der Waals surface area contributed by atoms with E-state index in [0.717, 1.165) is 11.3 Å².